The van der Waals surface area contributed by atoms with E-state index in [2.05, 4.69) is 64.4 Å². The van der Waals surface area contributed by atoms with Crippen molar-refractivity contribution in [1.82, 2.24) is 9.97 Å². The standard InChI is InChI=1S/C15H11N.C9H7N.C4H6/c1-2-7-13(8-3-1)15-14-9-5-4-6-12(14)10-11-16-15;1-2-6-9-8(4-1)5-3-7-10-9;1-3-4-2/h1-11H;1-7H;1H,4H2,2H3. The molecule has 0 atom stereocenters. The Bertz CT molecular complexity index is 1170. The summed E-state index contributed by atoms with van der Waals surface area (Å²) in [4.78, 5) is 8.66. The fourth-order valence-corrected chi connectivity index (χ4v) is 2.96. The largest absolute Gasteiger partial charge is 0.256 e. The highest BCUT2D eigenvalue weighted by atomic mass is 14.7. The van der Waals surface area contributed by atoms with Crippen molar-refractivity contribution in [3.63, 3.8) is 0 Å². The van der Waals surface area contributed by atoms with Gasteiger partial charge in [-0.2, -0.15) is 0 Å². The first kappa shape index (κ1) is 20.8. The summed E-state index contributed by atoms with van der Waals surface area (Å²) in [6.45, 7) is 1.94. The average Bonchev–Trinajstić information content (AvgIpc) is 2.85. The molecule has 5 aromatic rings. The number of para-hydroxylation sites is 1. The highest BCUT2D eigenvalue weighted by molar-refractivity contribution is 5.94. The molecule has 2 heterocycles. The van der Waals surface area contributed by atoms with E-state index >= 15 is 0 Å². The van der Waals surface area contributed by atoms with E-state index in [1.165, 1.54) is 21.7 Å². The van der Waals surface area contributed by atoms with E-state index in [4.69, 9.17) is 6.42 Å². The molecule has 2 heteroatoms. The molecule has 0 fully saturated rings. The Kier molecular flexibility index (Phi) is 7.71. The van der Waals surface area contributed by atoms with E-state index in [-0.39, 0.29) is 0 Å². The number of hydrogen-bond acceptors (Lipinski definition) is 2. The molecule has 0 spiro atoms. The molecule has 0 unspecified atom stereocenters. The highest BCUT2D eigenvalue weighted by Gasteiger charge is 2.03. The van der Waals surface area contributed by atoms with Gasteiger partial charge in [-0.3, -0.25) is 9.97 Å². The molecule has 3 aromatic carbocycles. The van der Waals surface area contributed by atoms with E-state index in [1.54, 1.807) is 0 Å². The number of hydrogen-bond donors (Lipinski definition) is 0. The van der Waals surface area contributed by atoms with Crippen molar-refractivity contribution in [2.45, 2.75) is 13.3 Å². The molecule has 30 heavy (non-hydrogen) atoms. The molecule has 2 nitrogen and oxygen atoms in total. The minimum atomic E-state index is 0.847. The number of nitrogens with zero attached hydrogens (tertiary/aromatic N) is 2. The summed E-state index contributed by atoms with van der Waals surface area (Å²) in [7, 11) is 0. The van der Waals surface area contributed by atoms with Gasteiger partial charge in [0, 0.05) is 35.2 Å². The van der Waals surface area contributed by atoms with Gasteiger partial charge in [-0.1, -0.05) is 85.8 Å². The highest BCUT2D eigenvalue weighted by Crippen LogP contribution is 2.25. The average molecular weight is 389 g/mol. The van der Waals surface area contributed by atoms with E-state index in [9.17, 15) is 0 Å². The number of pyridine rings is 2. The third kappa shape index (κ3) is 5.53. The Balaban J connectivity index is 0.000000156. The van der Waals surface area contributed by atoms with Gasteiger partial charge in [0.15, 0.2) is 0 Å². The molecule has 0 bridgehead atoms. The first-order valence-electron chi connectivity index (χ1n) is 9.96. The fraction of sp³-hybridized carbons (Fsp3) is 0.0714. The van der Waals surface area contributed by atoms with Crippen molar-refractivity contribution < 1.29 is 0 Å². The summed E-state index contributed by atoms with van der Waals surface area (Å²) in [5.41, 5.74) is 3.28. The summed E-state index contributed by atoms with van der Waals surface area (Å²) in [5, 5.41) is 3.64. The molecule has 0 saturated heterocycles. The van der Waals surface area contributed by atoms with E-state index in [1.807, 2.05) is 67.8 Å². The number of rotatable bonds is 1. The van der Waals surface area contributed by atoms with Gasteiger partial charge in [-0.15, -0.1) is 12.3 Å². The molecule has 5 rings (SSSR count). The molecular weight excluding hydrogens is 364 g/mol. The molecule has 2 aromatic heterocycles. The second-order valence-electron chi connectivity index (χ2n) is 6.50. The van der Waals surface area contributed by atoms with Crippen molar-refractivity contribution in [2.75, 3.05) is 0 Å². The Morgan fingerprint density at radius 3 is 2.03 bits per heavy atom. The minimum absolute atomic E-state index is 0.847. The van der Waals surface area contributed by atoms with Crippen LogP contribution in [0.2, 0.25) is 0 Å². The van der Waals surface area contributed by atoms with Gasteiger partial charge in [0.25, 0.3) is 0 Å². The summed E-state index contributed by atoms with van der Waals surface area (Å²) >= 11 is 0. The Morgan fingerprint density at radius 2 is 1.30 bits per heavy atom. The van der Waals surface area contributed by atoms with Crippen molar-refractivity contribution in [3.8, 4) is 23.6 Å². The third-order valence-electron chi connectivity index (χ3n) is 4.44. The monoisotopic (exact) mass is 388 g/mol. The first-order valence-corrected chi connectivity index (χ1v) is 9.96. The van der Waals surface area contributed by atoms with Crippen LogP contribution in [-0.4, -0.2) is 9.97 Å². The maximum atomic E-state index is 4.78. The topological polar surface area (TPSA) is 25.8 Å². The van der Waals surface area contributed by atoms with Gasteiger partial charge < -0.3 is 0 Å². The van der Waals surface area contributed by atoms with Crippen LogP contribution >= 0.6 is 0 Å². The van der Waals surface area contributed by atoms with Gasteiger partial charge in [0.1, 0.15) is 0 Å². The Hall–Kier alpha value is -3.96. The molecule has 0 amide bonds. The Morgan fingerprint density at radius 1 is 0.667 bits per heavy atom. The van der Waals surface area contributed by atoms with Gasteiger partial charge in [-0.25, -0.2) is 0 Å². The summed E-state index contributed by atoms with van der Waals surface area (Å²) in [6, 6.07) is 32.8. The van der Waals surface area contributed by atoms with Crippen LogP contribution in [0.25, 0.3) is 32.9 Å². The predicted octanol–water partition coefficient (Wildman–Crippen LogP) is 7.17. The van der Waals surface area contributed by atoms with Crippen molar-refractivity contribution in [3.05, 3.63) is 109 Å². The quantitative estimate of drug-likeness (QED) is 0.285. The van der Waals surface area contributed by atoms with Crippen molar-refractivity contribution >= 4 is 21.7 Å². The lowest BCUT2D eigenvalue weighted by Gasteiger charge is -2.04. The van der Waals surface area contributed by atoms with Gasteiger partial charge in [0.2, 0.25) is 0 Å². The van der Waals surface area contributed by atoms with Gasteiger partial charge in [0.05, 0.1) is 11.2 Å². The van der Waals surface area contributed by atoms with Crippen LogP contribution in [0, 0.1) is 12.3 Å². The lowest BCUT2D eigenvalue weighted by atomic mass is 10.0. The molecule has 0 N–H and O–H groups in total. The second-order valence-corrected chi connectivity index (χ2v) is 6.50. The normalized spacial score (nSPS) is 9.60. The molecule has 0 aliphatic heterocycles. The smallest absolute Gasteiger partial charge is 0.0780 e. The molecule has 0 saturated carbocycles. The van der Waals surface area contributed by atoms with E-state index < -0.39 is 0 Å². The van der Waals surface area contributed by atoms with Crippen LogP contribution in [0.3, 0.4) is 0 Å². The maximum Gasteiger partial charge on any atom is 0.0780 e. The first-order chi connectivity index (χ1) is 14.8. The van der Waals surface area contributed by atoms with Crippen molar-refractivity contribution in [2.24, 2.45) is 0 Å². The van der Waals surface area contributed by atoms with Crippen LogP contribution in [0.4, 0.5) is 0 Å². The number of aromatic nitrogens is 2. The van der Waals surface area contributed by atoms with Crippen LogP contribution in [0.15, 0.2) is 109 Å². The minimum Gasteiger partial charge on any atom is -0.256 e. The lowest BCUT2D eigenvalue weighted by Crippen LogP contribution is -1.84. The summed E-state index contributed by atoms with van der Waals surface area (Å²) in [6.07, 6.45) is 9.30. The fourth-order valence-electron chi connectivity index (χ4n) is 2.96. The predicted molar refractivity (Wildman–Crippen MR) is 128 cm³/mol. The second kappa shape index (κ2) is 11.1. The van der Waals surface area contributed by atoms with Crippen LogP contribution in [-0.2, 0) is 0 Å². The van der Waals surface area contributed by atoms with Crippen LogP contribution < -0.4 is 0 Å². The van der Waals surface area contributed by atoms with Crippen molar-refractivity contribution in [1.29, 1.82) is 0 Å². The van der Waals surface area contributed by atoms with Crippen LogP contribution in [0.5, 0.6) is 0 Å². The summed E-state index contributed by atoms with van der Waals surface area (Å²) in [5.74, 6) is 2.43. The molecule has 0 aliphatic carbocycles. The Labute approximate surface area is 178 Å². The molecular formula is C28H24N2. The SMILES string of the molecule is C#CCC.c1ccc(-c2nccc3ccccc23)cc1.c1ccc2ncccc2c1. The van der Waals surface area contributed by atoms with Gasteiger partial charge in [-0.05, 0) is 23.6 Å². The molecule has 0 radical (unpaired) electrons. The number of benzene rings is 3. The van der Waals surface area contributed by atoms with Crippen LogP contribution in [0.1, 0.15) is 13.3 Å². The number of fused-ring (bicyclic) bond motifs is 2. The zero-order chi connectivity index (χ0) is 21.0. The summed E-state index contributed by atoms with van der Waals surface area (Å²) < 4.78 is 0. The molecule has 146 valence electrons. The van der Waals surface area contributed by atoms with Gasteiger partial charge >= 0.3 is 0 Å². The third-order valence-corrected chi connectivity index (χ3v) is 4.44. The van der Waals surface area contributed by atoms with E-state index in [0.717, 1.165) is 17.6 Å². The maximum absolute atomic E-state index is 4.78. The zero-order valence-corrected chi connectivity index (χ0v) is 17.1. The lowest BCUT2D eigenvalue weighted by molar-refractivity contribution is 1.28. The zero-order valence-electron chi connectivity index (χ0n) is 17.1. The van der Waals surface area contributed by atoms with E-state index in [0.29, 0.717) is 0 Å². The number of terminal acetylenes is 1. The molecule has 0 aliphatic rings.